The first-order chi connectivity index (χ1) is 10.5. The number of methoxy groups -OCH3 is 1. The predicted molar refractivity (Wildman–Crippen MR) is 93.4 cm³/mol. The van der Waals surface area contributed by atoms with E-state index in [1.165, 1.54) is 5.56 Å². The summed E-state index contributed by atoms with van der Waals surface area (Å²) >= 11 is 0. The highest BCUT2D eigenvalue weighted by atomic mass is 16.5. The van der Waals surface area contributed by atoms with Crippen LogP contribution in [0.2, 0.25) is 0 Å². The van der Waals surface area contributed by atoms with Crippen LogP contribution in [0.4, 0.5) is 0 Å². The largest absolute Gasteiger partial charge is 0.497 e. The minimum Gasteiger partial charge on any atom is -0.497 e. The van der Waals surface area contributed by atoms with Gasteiger partial charge in [0.25, 0.3) is 0 Å². The van der Waals surface area contributed by atoms with Crippen LogP contribution in [0.5, 0.6) is 5.75 Å². The predicted octanol–water partition coefficient (Wildman–Crippen LogP) is 3.49. The fraction of sp³-hybridized carbons (Fsp3) is 0.474. The normalized spacial score (nSPS) is 12.7. The van der Waals surface area contributed by atoms with Crippen LogP contribution in [0.15, 0.2) is 49.6 Å². The summed E-state index contributed by atoms with van der Waals surface area (Å²) in [6.07, 6.45) is 6.67. The Balaban J connectivity index is 2.39. The molecule has 0 fully saturated rings. The van der Waals surface area contributed by atoms with E-state index in [0.29, 0.717) is 25.4 Å². The average Bonchev–Trinajstić information content (AvgIpc) is 2.52. The molecule has 1 atom stereocenters. The molecule has 0 saturated heterocycles. The van der Waals surface area contributed by atoms with E-state index in [4.69, 9.17) is 4.74 Å². The van der Waals surface area contributed by atoms with Gasteiger partial charge in [-0.15, -0.1) is 13.2 Å². The molecule has 0 aromatic heterocycles. The van der Waals surface area contributed by atoms with Crippen molar-refractivity contribution in [3.05, 3.63) is 55.1 Å². The summed E-state index contributed by atoms with van der Waals surface area (Å²) in [7, 11) is 1.68. The molecule has 0 spiro atoms. The maximum absolute atomic E-state index is 10.5. The third kappa shape index (κ3) is 6.46. The first-order valence-corrected chi connectivity index (χ1v) is 7.83. The lowest BCUT2D eigenvalue weighted by molar-refractivity contribution is 0.0437. The van der Waals surface area contributed by atoms with Crippen molar-refractivity contribution < 1.29 is 9.84 Å². The summed E-state index contributed by atoms with van der Waals surface area (Å²) in [6, 6.07) is 8.50. The van der Waals surface area contributed by atoms with Crippen LogP contribution >= 0.6 is 0 Å². The molecular weight excluding hydrogens is 274 g/mol. The standard InChI is InChI=1S/C19H29NO2/c1-5-13-19(21,14-6-2)15-20-16(3)7-8-17-9-11-18(22-4)12-10-17/h5-6,9-12,16,20-21H,1-2,7-8,13-15H2,3-4H3/t16-/m0/s1. The number of aliphatic hydroxyl groups is 1. The summed E-state index contributed by atoms with van der Waals surface area (Å²) < 4.78 is 5.16. The van der Waals surface area contributed by atoms with Crippen molar-refractivity contribution in [3.8, 4) is 5.75 Å². The molecular formula is C19H29NO2. The number of nitrogens with one attached hydrogen (secondary N) is 1. The van der Waals surface area contributed by atoms with E-state index in [-0.39, 0.29) is 0 Å². The Morgan fingerprint density at radius 2 is 1.82 bits per heavy atom. The number of rotatable bonds is 11. The molecule has 22 heavy (non-hydrogen) atoms. The van der Waals surface area contributed by atoms with Crippen molar-refractivity contribution in [2.45, 2.75) is 44.2 Å². The first kappa shape index (κ1) is 18.5. The molecule has 0 aliphatic carbocycles. The summed E-state index contributed by atoms with van der Waals surface area (Å²) in [4.78, 5) is 0. The van der Waals surface area contributed by atoms with Crippen LogP contribution in [-0.2, 0) is 6.42 Å². The highest BCUT2D eigenvalue weighted by Gasteiger charge is 2.23. The third-order valence-electron chi connectivity index (χ3n) is 3.85. The van der Waals surface area contributed by atoms with Crippen molar-refractivity contribution in [1.29, 1.82) is 0 Å². The molecule has 1 aromatic rings. The van der Waals surface area contributed by atoms with E-state index in [0.717, 1.165) is 18.6 Å². The van der Waals surface area contributed by atoms with Crippen LogP contribution in [0, 0.1) is 0 Å². The first-order valence-electron chi connectivity index (χ1n) is 7.83. The Bertz CT molecular complexity index is 443. The smallest absolute Gasteiger partial charge is 0.118 e. The quantitative estimate of drug-likeness (QED) is 0.615. The molecule has 122 valence electrons. The molecule has 1 aromatic carbocycles. The number of ether oxygens (including phenoxy) is 1. The Kier molecular flexibility index (Phi) is 7.92. The maximum Gasteiger partial charge on any atom is 0.118 e. The Labute approximate surface area is 134 Å². The van der Waals surface area contributed by atoms with Gasteiger partial charge in [0.1, 0.15) is 5.75 Å². The summed E-state index contributed by atoms with van der Waals surface area (Å²) in [6.45, 7) is 10.1. The fourth-order valence-corrected chi connectivity index (χ4v) is 2.41. The highest BCUT2D eigenvalue weighted by molar-refractivity contribution is 5.27. The summed E-state index contributed by atoms with van der Waals surface area (Å²) in [5.74, 6) is 0.883. The summed E-state index contributed by atoms with van der Waals surface area (Å²) in [5.41, 5.74) is 0.514. The van der Waals surface area contributed by atoms with Crippen molar-refractivity contribution in [3.63, 3.8) is 0 Å². The average molecular weight is 303 g/mol. The van der Waals surface area contributed by atoms with Crippen molar-refractivity contribution in [1.82, 2.24) is 5.32 Å². The van der Waals surface area contributed by atoms with E-state index in [1.807, 2.05) is 12.1 Å². The highest BCUT2D eigenvalue weighted by Crippen LogP contribution is 2.17. The van der Waals surface area contributed by atoms with Gasteiger partial charge >= 0.3 is 0 Å². The second-order valence-electron chi connectivity index (χ2n) is 5.88. The topological polar surface area (TPSA) is 41.5 Å². The van der Waals surface area contributed by atoms with Gasteiger partial charge in [0.15, 0.2) is 0 Å². The van der Waals surface area contributed by atoms with Gasteiger partial charge in [-0.3, -0.25) is 0 Å². The minimum absolute atomic E-state index is 0.336. The van der Waals surface area contributed by atoms with Gasteiger partial charge in [-0.25, -0.2) is 0 Å². The van der Waals surface area contributed by atoms with E-state index in [1.54, 1.807) is 19.3 Å². The molecule has 1 rings (SSSR count). The molecule has 0 saturated carbocycles. The van der Waals surface area contributed by atoms with Crippen molar-refractivity contribution in [2.75, 3.05) is 13.7 Å². The molecule has 2 N–H and O–H groups in total. The zero-order valence-electron chi connectivity index (χ0n) is 13.8. The number of hydrogen-bond acceptors (Lipinski definition) is 3. The molecule has 3 nitrogen and oxygen atoms in total. The lowest BCUT2D eigenvalue weighted by Crippen LogP contribution is -2.43. The van der Waals surface area contributed by atoms with Crippen LogP contribution in [0.1, 0.15) is 31.7 Å². The molecule has 0 heterocycles. The van der Waals surface area contributed by atoms with Crippen LogP contribution in [-0.4, -0.2) is 30.4 Å². The molecule has 3 heteroatoms. The number of benzene rings is 1. The van der Waals surface area contributed by atoms with Gasteiger partial charge in [0.2, 0.25) is 0 Å². The Morgan fingerprint density at radius 1 is 1.23 bits per heavy atom. The van der Waals surface area contributed by atoms with Crippen molar-refractivity contribution >= 4 is 0 Å². The Morgan fingerprint density at radius 3 is 2.32 bits per heavy atom. The van der Waals surface area contributed by atoms with Gasteiger partial charge in [-0.1, -0.05) is 24.3 Å². The lowest BCUT2D eigenvalue weighted by atomic mass is 9.95. The zero-order valence-corrected chi connectivity index (χ0v) is 13.8. The van der Waals surface area contributed by atoms with Crippen LogP contribution in [0.3, 0.4) is 0 Å². The van der Waals surface area contributed by atoms with Crippen molar-refractivity contribution in [2.24, 2.45) is 0 Å². The molecule has 0 aliphatic rings. The van der Waals surface area contributed by atoms with E-state index < -0.39 is 5.60 Å². The number of aryl methyl sites for hydroxylation is 1. The summed E-state index contributed by atoms with van der Waals surface area (Å²) in [5, 5.41) is 13.9. The van der Waals surface area contributed by atoms with E-state index >= 15 is 0 Å². The van der Waals surface area contributed by atoms with Crippen LogP contribution < -0.4 is 10.1 Å². The molecule has 0 amide bonds. The van der Waals surface area contributed by atoms with Gasteiger partial charge in [0.05, 0.1) is 12.7 Å². The zero-order chi connectivity index (χ0) is 16.4. The fourth-order valence-electron chi connectivity index (χ4n) is 2.41. The Hall–Kier alpha value is -1.58. The lowest BCUT2D eigenvalue weighted by Gasteiger charge is -2.28. The minimum atomic E-state index is -0.780. The van der Waals surface area contributed by atoms with Gasteiger partial charge in [-0.2, -0.15) is 0 Å². The van der Waals surface area contributed by atoms with Gasteiger partial charge in [0, 0.05) is 12.6 Å². The molecule has 0 radical (unpaired) electrons. The second kappa shape index (κ2) is 9.44. The van der Waals surface area contributed by atoms with E-state index in [2.05, 4.69) is 37.5 Å². The third-order valence-corrected chi connectivity index (χ3v) is 3.85. The van der Waals surface area contributed by atoms with Gasteiger partial charge < -0.3 is 15.2 Å². The SMILES string of the molecule is C=CCC(O)(CC=C)CN[C@@H](C)CCc1ccc(OC)cc1. The molecule has 0 bridgehead atoms. The van der Waals surface area contributed by atoms with Gasteiger partial charge in [-0.05, 0) is 50.3 Å². The molecule has 0 aliphatic heterocycles. The molecule has 0 unspecified atom stereocenters. The number of hydrogen-bond donors (Lipinski definition) is 2. The van der Waals surface area contributed by atoms with E-state index in [9.17, 15) is 5.11 Å². The monoisotopic (exact) mass is 303 g/mol. The van der Waals surface area contributed by atoms with Crippen LogP contribution in [0.25, 0.3) is 0 Å². The second-order valence-corrected chi connectivity index (χ2v) is 5.88. The maximum atomic E-state index is 10.5.